The minimum atomic E-state index is -0.362. The number of fused-ring (bicyclic) bond motifs is 1. The van der Waals surface area contributed by atoms with Gasteiger partial charge in [0.1, 0.15) is 5.82 Å². The molecule has 6 nitrogen and oxygen atoms in total. The van der Waals surface area contributed by atoms with E-state index in [1.54, 1.807) is 13.1 Å². The molecule has 0 aliphatic carbocycles. The maximum Gasteiger partial charge on any atom is 0.332 e. The average molecular weight is 409 g/mol. The Bertz CT molecular complexity index is 1300. The van der Waals surface area contributed by atoms with E-state index >= 15 is 0 Å². The van der Waals surface area contributed by atoms with Crippen LogP contribution in [0.1, 0.15) is 18.9 Å². The lowest BCUT2D eigenvalue weighted by Gasteiger charge is -2.11. The molecule has 148 valence electrons. The third-order valence-electron chi connectivity index (χ3n) is 4.98. The highest BCUT2D eigenvalue weighted by Crippen LogP contribution is 2.29. The molecule has 0 fully saturated rings. The second-order valence-corrected chi connectivity index (χ2v) is 7.36. The van der Waals surface area contributed by atoms with Crippen LogP contribution in [0.25, 0.3) is 22.6 Å². The van der Waals surface area contributed by atoms with Gasteiger partial charge < -0.3 is 4.57 Å². The van der Waals surface area contributed by atoms with E-state index < -0.39 is 0 Å². The Kier molecular flexibility index (Phi) is 5.11. The lowest BCUT2D eigenvalue weighted by atomic mass is 10.2. The van der Waals surface area contributed by atoms with Crippen LogP contribution in [-0.4, -0.2) is 18.7 Å². The summed E-state index contributed by atoms with van der Waals surface area (Å²) in [5.41, 5.74) is 1.81. The molecule has 2 heterocycles. The molecule has 7 heteroatoms. The molecular formula is C22H21ClN4O2. The second kappa shape index (κ2) is 7.72. The molecule has 0 bridgehead atoms. The summed E-state index contributed by atoms with van der Waals surface area (Å²) in [6, 6.07) is 17.2. The molecule has 29 heavy (non-hydrogen) atoms. The number of rotatable bonds is 5. The fourth-order valence-corrected chi connectivity index (χ4v) is 3.78. The van der Waals surface area contributed by atoms with E-state index in [-0.39, 0.29) is 11.2 Å². The van der Waals surface area contributed by atoms with E-state index in [4.69, 9.17) is 16.6 Å². The quantitative estimate of drug-likeness (QED) is 0.506. The molecule has 0 saturated heterocycles. The number of hydrogen-bond acceptors (Lipinski definition) is 3. The number of halogens is 1. The minimum absolute atomic E-state index is 0.327. The van der Waals surface area contributed by atoms with Crippen LogP contribution in [0.2, 0.25) is 5.02 Å². The van der Waals surface area contributed by atoms with Gasteiger partial charge in [0.2, 0.25) is 0 Å². The largest absolute Gasteiger partial charge is 0.332 e. The highest BCUT2D eigenvalue weighted by Gasteiger charge is 2.22. The van der Waals surface area contributed by atoms with Gasteiger partial charge in [-0.1, -0.05) is 61.0 Å². The lowest BCUT2D eigenvalue weighted by Crippen LogP contribution is -2.39. The summed E-state index contributed by atoms with van der Waals surface area (Å²) in [4.78, 5) is 30.7. The van der Waals surface area contributed by atoms with E-state index in [0.717, 1.165) is 11.1 Å². The maximum absolute atomic E-state index is 13.3. The van der Waals surface area contributed by atoms with Crippen LogP contribution in [0.5, 0.6) is 0 Å². The molecule has 0 aliphatic heterocycles. The first kappa shape index (κ1) is 19.2. The van der Waals surface area contributed by atoms with E-state index in [2.05, 4.69) is 0 Å². The standard InChI is InChI=1S/C22H21ClN4O2/c1-3-13-26-21(28)18-20(25(2)22(26)29)24-19(16-11-7-8-12-17(16)23)27(18)14-15-9-5-4-6-10-15/h4-12H,3,13-14H2,1-2H3. The van der Waals surface area contributed by atoms with Gasteiger partial charge in [-0.3, -0.25) is 13.9 Å². The van der Waals surface area contributed by atoms with Gasteiger partial charge in [0, 0.05) is 25.7 Å². The summed E-state index contributed by atoms with van der Waals surface area (Å²) in [5, 5.41) is 0.538. The molecule has 0 atom stereocenters. The number of nitrogens with zero attached hydrogens (tertiary/aromatic N) is 4. The number of imidazole rings is 1. The van der Waals surface area contributed by atoms with Crippen molar-refractivity contribution in [1.82, 2.24) is 18.7 Å². The van der Waals surface area contributed by atoms with Crippen molar-refractivity contribution in [2.24, 2.45) is 7.05 Å². The van der Waals surface area contributed by atoms with Crippen LogP contribution in [0.3, 0.4) is 0 Å². The van der Waals surface area contributed by atoms with Crippen LogP contribution in [-0.2, 0) is 20.1 Å². The Hall–Kier alpha value is -3.12. The Morgan fingerprint density at radius 1 is 0.966 bits per heavy atom. The molecule has 0 aliphatic rings. The fraction of sp³-hybridized carbons (Fsp3) is 0.227. The van der Waals surface area contributed by atoms with Gasteiger partial charge in [0.25, 0.3) is 5.56 Å². The molecule has 0 spiro atoms. The molecule has 2 aromatic carbocycles. The smallest absolute Gasteiger partial charge is 0.314 e. The van der Waals surface area contributed by atoms with E-state index in [1.807, 2.05) is 60.0 Å². The summed E-state index contributed by atoms with van der Waals surface area (Å²) in [6.45, 7) is 2.74. The molecule has 4 aromatic rings. The summed E-state index contributed by atoms with van der Waals surface area (Å²) in [6.07, 6.45) is 0.685. The zero-order valence-corrected chi connectivity index (χ0v) is 17.1. The van der Waals surface area contributed by atoms with Crippen molar-refractivity contribution in [2.45, 2.75) is 26.4 Å². The van der Waals surface area contributed by atoms with Gasteiger partial charge in [0.15, 0.2) is 11.2 Å². The van der Waals surface area contributed by atoms with E-state index in [9.17, 15) is 9.59 Å². The number of aryl methyl sites for hydroxylation is 1. The Morgan fingerprint density at radius 3 is 2.34 bits per heavy atom. The van der Waals surface area contributed by atoms with Crippen molar-refractivity contribution in [2.75, 3.05) is 0 Å². The van der Waals surface area contributed by atoms with Gasteiger partial charge in [0.05, 0.1) is 5.02 Å². The number of hydrogen-bond donors (Lipinski definition) is 0. The minimum Gasteiger partial charge on any atom is -0.314 e. The van der Waals surface area contributed by atoms with Crippen LogP contribution in [0.4, 0.5) is 0 Å². The molecule has 2 aromatic heterocycles. The Labute approximate surface area is 172 Å². The highest BCUT2D eigenvalue weighted by atomic mass is 35.5. The highest BCUT2D eigenvalue weighted by molar-refractivity contribution is 6.33. The summed E-state index contributed by atoms with van der Waals surface area (Å²) in [5.74, 6) is 0.566. The first-order chi connectivity index (χ1) is 14.0. The number of aromatic nitrogens is 4. The molecule has 0 N–H and O–H groups in total. The summed E-state index contributed by atoms with van der Waals surface area (Å²) in [7, 11) is 1.65. The Morgan fingerprint density at radius 2 is 1.66 bits per heavy atom. The van der Waals surface area contributed by atoms with Gasteiger partial charge in [-0.05, 0) is 24.1 Å². The zero-order valence-electron chi connectivity index (χ0n) is 16.3. The van der Waals surface area contributed by atoms with Gasteiger partial charge >= 0.3 is 5.69 Å². The Balaban J connectivity index is 2.10. The average Bonchev–Trinajstić information content (AvgIpc) is 3.10. The molecule has 4 rings (SSSR count). The summed E-state index contributed by atoms with van der Waals surface area (Å²) >= 11 is 6.45. The van der Waals surface area contributed by atoms with Crippen LogP contribution < -0.4 is 11.2 Å². The van der Waals surface area contributed by atoms with Crippen LogP contribution in [0.15, 0.2) is 64.2 Å². The van der Waals surface area contributed by atoms with Crippen LogP contribution >= 0.6 is 11.6 Å². The predicted molar refractivity (Wildman–Crippen MR) is 116 cm³/mol. The van der Waals surface area contributed by atoms with Crippen molar-refractivity contribution in [3.63, 3.8) is 0 Å². The molecule has 0 saturated carbocycles. The molecular weight excluding hydrogens is 388 g/mol. The van der Waals surface area contributed by atoms with Crippen molar-refractivity contribution in [3.8, 4) is 11.4 Å². The van der Waals surface area contributed by atoms with Crippen molar-refractivity contribution in [3.05, 3.63) is 86.0 Å². The third kappa shape index (κ3) is 3.29. The zero-order chi connectivity index (χ0) is 20.5. The lowest BCUT2D eigenvalue weighted by molar-refractivity contribution is 0.590. The SMILES string of the molecule is CCCn1c(=O)c2c(nc(-c3ccccc3Cl)n2Cc2ccccc2)n(C)c1=O. The third-order valence-corrected chi connectivity index (χ3v) is 5.31. The van der Waals surface area contributed by atoms with Crippen molar-refractivity contribution in [1.29, 1.82) is 0 Å². The van der Waals surface area contributed by atoms with Gasteiger partial charge in [-0.15, -0.1) is 0 Å². The normalized spacial score (nSPS) is 11.3. The second-order valence-electron chi connectivity index (χ2n) is 6.96. The topological polar surface area (TPSA) is 61.8 Å². The molecule has 0 unspecified atom stereocenters. The first-order valence-corrected chi connectivity index (χ1v) is 9.89. The van der Waals surface area contributed by atoms with E-state index in [0.29, 0.717) is 41.5 Å². The monoisotopic (exact) mass is 408 g/mol. The first-order valence-electron chi connectivity index (χ1n) is 9.51. The number of benzene rings is 2. The maximum atomic E-state index is 13.3. The predicted octanol–water partition coefficient (Wildman–Crippen LogP) is 3.68. The van der Waals surface area contributed by atoms with Gasteiger partial charge in [-0.2, -0.15) is 0 Å². The van der Waals surface area contributed by atoms with Crippen molar-refractivity contribution < 1.29 is 0 Å². The van der Waals surface area contributed by atoms with E-state index in [1.165, 1.54) is 9.13 Å². The summed E-state index contributed by atoms with van der Waals surface area (Å²) < 4.78 is 4.58. The van der Waals surface area contributed by atoms with Crippen molar-refractivity contribution >= 4 is 22.8 Å². The van der Waals surface area contributed by atoms with Gasteiger partial charge in [-0.25, -0.2) is 9.78 Å². The van der Waals surface area contributed by atoms with Crippen LogP contribution in [0, 0.1) is 0 Å². The fourth-order valence-electron chi connectivity index (χ4n) is 3.56. The molecule has 0 amide bonds. The molecule has 0 radical (unpaired) electrons.